The van der Waals surface area contributed by atoms with Crippen LogP contribution in [0.2, 0.25) is 0 Å². The zero-order valence-corrected chi connectivity index (χ0v) is 11.6. The Morgan fingerprint density at radius 2 is 2.12 bits per heavy atom. The van der Waals surface area contributed by atoms with Crippen LogP contribution in [0.15, 0.2) is 4.47 Å². The van der Waals surface area contributed by atoms with Gasteiger partial charge in [-0.25, -0.2) is 9.97 Å². The number of anilines is 1. The van der Waals surface area contributed by atoms with Crippen molar-refractivity contribution in [3.63, 3.8) is 0 Å². The number of halogens is 1. The third kappa shape index (κ3) is 3.72. The van der Waals surface area contributed by atoms with Gasteiger partial charge in [0.25, 0.3) is 0 Å². The number of nitrogens with one attached hydrogen (secondary N) is 1. The molecule has 1 aromatic rings. The first-order valence-corrected chi connectivity index (χ1v) is 6.24. The van der Waals surface area contributed by atoms with Crippen LogP contribution in [-0.4, -0.2) is 30.2 Å². The van der Waals surface area contributed by atoms with Crippen molar-refractivity contribution in [2.24, 2.45) is 0 Å². The van der Waals surface area contributed by atoms with E-state index in [0.29, 0.717) is 6.61 Å². The summed E-state index contributed by atoms with van der Waals surface area (Å²) in [4.78, 5) is 8.86. The Balaban J connectivity index is 2.83. The molecule has 1 heterocycles. The molecule has 0 aliphatic heterocycles. The maximum Gasteiger partial charge on any atom is 0.144 e. The molecule has 0 amide bonds. The lowest BCUT2D eigenvalue weighted by Gasteiger charge is -2.10. The number of rotatable bonds is 6. The summed E-state index contributed by atoms with van der Waals surface area (Å²) >= 11 is 3.49. The molecule has 0 aliphatic rings. The summed E-state index contributed by atoms with van der Waals surface area (Å²) in [6, 6.07) is 0. The Bertz CT molecular complexity index is 344. The Morgan fingerprint density at radius 3 is 2.75 bits per heavy atom. The maximum atomic E-state index is 5.02. The first-order chi connectivity index (χ1) is 7.69. The molecule has 0 saturated heterocycles. The molecule has 0 radical (unpaired) electrons. The van der Waals surface area contributed by atoms with Crippen molar-refractivity contribution >= 4 is 21.7 Å². The van der Waals surface area contributed by atoms with Crippen LogP contribution in [0, 0.1) is 6.92 Å². The molecule has 0 unspecified atom stereocenters. The van der Waals surface area contributed by atoms with Gasteiger partial charge >= 0.3 is 0 Å². The smallest absolute Gasteiger partial charge is 0.144 e. The van der Waals surface area contributed by atoms with Gasteiger partial charge in [-0.2, -0.15) is 0 Å². The highest BCUT2D eigenvalue weighted by Gasteiger charge is 2.08. The fourth-order valence-corrected chi connectivity index (χ4v) is 1.60. The number of aryl methyl sites for hydroxylation is 1. The number of hydrogen-bond donors (Lipinski definition) is 1. The molecular weight excluding hydrogens is 270 g/mol. The van der Waals surface area contributed by atoms with E-state index in [0.717, 1.165) is 41.2 Å². The molecule has 0 fully saturated rings. The second-order valence-corrected chi connectivity index (χ2v) is 4.35. The molecule has 1 aromatic heterocycles. The van der Waals surface area contributed by atoms with Crippen molar-refractivity contribution in [3.05, 3.63) is 16.0 Å². The zero-order valence-electron chi connectivity index (χ0n) is 10.0. The Labute approximate surface area is 105 Å². The van der Waals surface area contributed by atoms with Crippen molar-refractivity contribution in [1.29, 1.82) is 0 Å². The highest BCUT2D eigenvalue weighted by Crippen LogP contribution is 2.23. The van der Waals surface area contributed by atoms with Gasteiger partial charge in [0.2, 0.25) is 0 Å². The van der Waals surface area contributed by atoms with Gasteiger partial charge in [-0.1, -0.05) is 6.92 Å². The van der Waals surface area contributed by atoms with E-state index in [9.17, 15) is 0 Å². The van der Waals surface area contributed by atoms with Gasteiger partial charge < -0.3 is 10.1 Å². The summed E-state index contributed by atoms with van der Waals surface area (Å²) in [6.45, 7) is 5.66. The predicted molar refractivity (Wildman–Crippen MR) is 68.8 cm³/mol. The standard InChI is InChI=1S/C11H18BrN3O/c1-4-6-13-11-10(12)8(2)14-9(15-11)5-7-16-3/h4-7H2,1-3H3,(H,13,14,15). The highest BCUT2D eigenvalue weighted by atomic mass is 79.9. The first kappa shape index (κ1) is 13.4. The van der Waals surface area contributed by atoms with Gasteiger partial charge in [-0.3, -0.25) is 0 Å². The number of hydrogen-bond acceptors (Lipinski definition) is 4. The minimum atomic E-state index is 0.647. The molecule has 90 valence electrons. The third-order valence-electron chi connectivity index (χ3n) is 2.14. The summed E-state index contributed by atoms with van der Waals surface area (Å²) in [5.41, 5.74) is 0.958. The molecule has 16 heavy (non-hydrogen) atoms. The quantitative estimate of drug-likeness (QED) is 0.874. The summed E-state index contributed by atoms with van der Waals surface area (Å²) in [5.74, 6) is 1.70. The SMILES string of the molecule is CCCNc1nc(CCOC)nc(C)c1Br. The van der Waals surface area contributed by atoms with E-state index in [1.165, 1.54) is 0 Å². The molecule has 0 bridgehead atoms. The Kier molecular flexibility index (Phi) is 5.69. The largest absolute Gasteiger partial charge is 0.384 e. The predicted octanol–water partition coefficient (Wildman–Crippen LogP) is 2.56. The van der Waals surface area contributed by atoms with E-state index >= 15 is 0 Å². The van der Waals surface area contributed by atoms with Crippen LogP contribution in [0.4, 0.5) is 5.82 Å². The van der Waals surface area contributed by atoms with Crippen molar-refractivity contribution < 1.29 is 4.74 Å². The van der Waals surface area contributed by atoms with Gasteiger partial charge in [0.1, 0.15) is 11.6 Å². The van der Waals surface area contributed by atoms with Gasteiger partial charge in [-0.15, -0.1) is 0 Å². The molecule has 0 aliphatic carbocycles. The second-order valence-electron chi connectivity index (χ2n) is 3.56. The molecule has 0 spiro atoms. The molecule has 5 heteroatoms. The average Bonchev–Trinajstić information content (AvgIpc) is 2.28. The van der Waals surface area contributed by atoms with E-state index in [2.05, 4.69) is 38.1 Å². The van der Waals surface area contributed by atoms with Crippen LogP contribution in [0.3, 0.4) is 0 Å². The summed E-state index contributed by atoms with van der Waals surface area (Å²) in [5, 5.41) is 3.28. The molecule has 1 rings (SSSR count). The van der Waals surface area contributed by atoms with Crippen molar-refractivity contribution in [2.45, 2.75) is 26.7 Å². The lowest BCUT2D eigenvalue weighted by molar-refractivity contribution is 0.200. The summed E-state index contributed by atoms with van der Waals surface area (Å²) in [6.07, 6.45) is 1.81. The lowest BCUT2D eigenvalue weighted by atomic mass is 10.3. The first-order valence-electron chi connectivity index (χ1n) is 5.44. The van der Waals surface area contributed by atoms with Crippen LogP contribution >= 0.6 is 15.9 Å². The molecule has 4 nitrogen and oxygen atoms in total. The number of aromatic nitrogens is 2. The maximum absolute atomic E-state index is 5.02. The van der Waals surface area contributed by atoms with Gasteiger partial charge in [0.15, 0.2) is 0 Å². The van der Waals surface area contributed by atoms with Crippen LogP contribution in [-0.2, 0) is 11.2 Å². The van der Waals surface area contributed by atoms with E-state index in [-0.39, 0.29) is 0 Å². The van der Waals surface area contributed by atoms with E-state index in [1.54, 1.807) is 7.11 Å². The van der Waals surface area contributed by atoms with Crippen LogP contribution in [0.1, 0.15) is 24.9 Å². The highest BCUT2D eigenvalue weighted by molar-refractivity contribution is 9.10. The number of nitrogens with zero attached hydrogens (tertiary/aromatic N) is 2. The molecular formula is C11H18BrN3O. The van der Waals surface area contributed by atoms with E-state index < -0.39 is 0 Å². The van der Waals surface area contributed by atoms with Gasteiger partial charge in [-0.05, 0) is 29.3 Å². The monoisotopic (exact) mass is 287 g/mol. The minimum absolute atomic E-state index is 0.647. The second kappa shape index (κ2) is 6.81. The Hall–Kier alpha value is -0.680. The molecule has 0 saturated carbocycles. The fourth-order valence-electron chi connectivity index (χ4n) is 1.28. The number of methoxy groups -OCH3 is 1. The average molecular weight is 288 g/mol. The van der Waals surface area contributed by atoms with Crippen LogP contribution in [0.25, 0.3) is 0 Å². The summed E-state index contributed by atoms with van der Waals surface area (Å²) < 4.78 is 5.97. The topological polar surface area (TPSA) is 47.0 Å². The Morgan fingerprint density at radius 1 is 1.38 bits per heavy atom. The fraction of sp³-hybridized carbons (Fsp3) is 0.636. The minimum Gasteiger partial charge on any atom is -0.384 e. The van der Waals surface area contributed by atoms with Crippen molar-refractivity contribution in [1.82, 2.24) is 9.97 Å². The summed E-state index contributed by atoms with van der Waals surface area (Å²) in [7, 11) is 1.68. The normalized spacial score (nSPS) is 10.5. The molecule has 1 N–H and O–H groups in total. The molecule has 0 aromatic carbocycles. The van der Waals surface area contributed by atoms with E-state index in [4.69, 9.17) is 4.74 Å². The van der Waals surface area contributed by atoms with Crippen molar-refractivity contribution in [2.75, 3.05) is 25.6 Å². The molecule has 0 atom stereocenters. The van der Waals surface area contributed by atoms with Gasteiger partial charge in [0.05, 0.1) is 16.8 Å². The van der Waals surface area contributed by atoms with Gasteiger partial charge in [0, 0.05) is 20.1 Å². The third-order valence-corrected chi connectivity index (χ3v) is 3.08. The zero-order chi connectivity index (χ0) is 12.0. The van der Waals surface area contributed by atoms with E-state index in [1.807, 2.05) is 6.92 Å². The van der Waals surface area contributed by atoms with Crippen LogP contribution < -0.4 is 5.32 Å². The lowest BCUT2D eigenvalue weighted by Crippen LogP contribution is -2.09. The number of ether oxygens (including phenoxy) is 1. The van der Waals surface area contributed by atoms with Crippen LogP contribution in [0.5, 0.6) is 0 Å². The van der Waals surface area contributed by atoms with Crippen molar-refractivity contribution in [3.8, 4) is 0 Å².